The fourth-order valence-corrected chi connectivity index (χ4v) is 1.47. The minimum Gasteiger partial charge on any atom is -0.468 e. The maximum absolute atomic E-state index is 11.4. The summed E-state index contributed by atoms with van der Waals surface area (Å²) in [6, 6.07) is 0. The van der Waals surface area contributed by atoms with Gasteiger partial charge in [0.1, 0.15) is 0 Å². The Morgan fingerprint density at radius 3 is 1.75 bits per heavy atom. The van der Waals surface area contributed by atoms with Gasteiger partial charge in [-0.05, 0) is 12.8 Å². The number of hydrogen-bond acceptors (Lipinski definition) is 5. The number of methoxy groups -OCH3 is 2. The lowest BCUT2D eigenvalue weighted by Crippen LogP contribution is -2.37. The van der Waals surface area contributed by atoms with Crippen molar-refractivity contribution in [2.75, 3.05) is 14.2 Å². The average Bonchev–Trinajstić information content (AvgIpc) is 2.33. The van der Waals surface area contributed by atoms with Gasteiger partial charge in [-0.1, -0.05) is 13.8 Å². The van der Waals surface area contributed by atoms with Crippen LogP contribution in [0.5, 0.6) is 0 Å². The van der Waals surface area contributed by atoms with Crippen LogP contribution >= 0.6 is 0 Å². The van der Waals surface area contributed by atoms with Crippen LogP contribution in [0.2, 0.25) is 0 Å². The molecule has 0 bridgehead atoms. The lowest BCUT2D eigenvalue weighted by atomic mass is 9.86. The third-order valence-electron chi connectivity index (χ3n) is 2.87. The number of hydrogen-bond donors (Lipinski definition) is 1. The largest absolute Gasteiger partial charge is 0.468 e. The molecule has 0 atom stereocenters. The molecule has 0 aliphatic rings. The zero-order chi connectivity index (χ0) is 12.8. The second-order valence-corrected chi connectivity index (χ2v) is 3.73. The summed E-state index contributed by atoms with van der Waals surface area (Å²) in [7, 11) is 2.41. The zero-order valence-corrected chi connectivity index (χ0v) is 10.3. The van der Waals surface area contributed by atoms with E-state index in [4.69, 9.17) is 0 Å². The number of aliphatic hydroxyl groups is 1. The highest BCUT2D eigenvalue weighted by atomic mass is 16.5. The van der Waals surface area contributed by atoms with Crippen molar-refractivity contribution >= 4 is 11.9 Å². The average molecular weight is 232 g/mol. The van der Waals surface area contributed by atoms with E-state index in [1.807, 2.05) is 0 Å². The van der Waals surface area contributed by atoms with Crippen LogP contribution in [0.15, 0.2) is 0 Å². The Hall–Kier alpha value is -1.10. The van der Waals surface area contributed by atoms with Crippen molar-refractivity contribution < 1.29 is 24.2 Å². The molecule has 94 valence electrons. The quantitative estimate of drug-likeness (QED) is 0.544. The van der Waals surface area contributed by atoms with Crippen molar-refractivity contribution in [1.82, 2.24) is 0 Å². The van der Waals surface area contributed by atoms with Gasteiger partial charge in [-0.3, -0.25) is 9.59 Å². The Kier molecular flexibility index (Phi) is 6.03. The molecule has 0 aromatic carbocycles. The Balaban J connectivity index is 4.79. The van der Waals surface area contributed by atoms with Gasteiger partial charge in [-0.2, -0.15) is 0 Å². The van der Waals surface area contributed by atoms with Crippen LogP contribution in [0, 0.1) is 5.92 Å². The van der Waals surface area contributed by atoms with Crippen molar-refractivity contribution in [3.05, 3.63) is 0 Å². The lowest BCUT2D eigenvalue weighted by Gasteiger charge is -2.27. The summed E-state index contributed by atoms with van der Waals surface area (Å²) in [6.07, 6.45) is 0.960. The van der Waals surface area contributed by atoms with Crippen LogP contribution in [0.4, 0.5) is 0 Å². The third kappa shape index (κ3) is 3.81. The maximum atomic E-state index is 11.4. The normalized spacial score (nSPS) is 11.4. The second kappa shape index (κ2) is 6.48. The Morgan fingerprint density at radius 2 is 1.50 bits per heavy atom. The highest BCUT2D eigenvalue weighted by Gasteiger charge is 2.36. The van der Waals surface area contributed by atoms with Crippen molar-refractivity contribution in [3.8, 4) is 0 Å². The van der Waals surface area contributed by atoms with Crippen LogP contribution < -0.4 is 0 Å². The molecule has 0 aromatic rings. The first-order valence-corrected chi connectivity index (χ1v) is 5.32. The Labute approximate surface area is 95.7 Å². The van der Waals surface area contributed by atoms with Gasteiger partial charge in [0.05, 0.1) is 19.8 Å². The molecule has 1 N–H and O–H groups in total. The number of rotatable bonds is 6. The van der Waals surface area contributed by atoms with Crippen LogP contribution in [0.1, 0.15) is 33.1 Å². The van der Waals surface area contributed by atoms with E-state index in [9.17, 15) is 14.7 Å². The molecule has 0 heterocycles. The maximum Gasteiger partial charge on any atom is 0.320 e. The van der Waals surface area contributed by atoms with Gasteiger partial charge in [-0.25, -0.2) is 0 Å². The Morgan fingerprint density at radius 1 is 1.12 bits per heavy atom. The first-order chi connectivity index (χ1) is 7.44. The van der Waals surface area contributed by atoms with E-state index < -0.39 is 23.5 Å². The number of ether oxygens (including phenoxy) is 2. The van der Waals surface area contributed by atoms with Gasteiger partial charge in [-0.15, -0.1) is 0 Å². The van der Waals surface area contributed by atoms with E-state index >= 15 is 0 Å². The zero-order valence-electron chi connectivity index (χ0n) is 10.3. The molecule has 0 radical (unpaired) electrons. The molecule has 0 saturated heterocycles. The molecule has 0 rings (SSSR count). The van der Waals surface area contributed by atoms with Gasteiger partial charge in [0.2, 0.25) is 0 Å². The van der Waals surface area contributed by atoms with Gasteiger partial charge in [0.15, 0.2) is 5.92 Å². The molecular weight excluding hydrogens is 212 g/mol. The summed E-state index contributed by atoms with van der Waals surface area (Å²) in [5.74, 6) is -2.40. The van der Waals surface area contributed by atoms with E-state index in [0.717, 1.165) is 0 Å². The van der Waals surface area contributed by atoms with E-state index in [1.165, 1.54) is 14.2 Å². The van der Waals surface area contributed by atoms with Crippen LogP contribution in [-0.4, -0.2) is 36.9 Å². The standard InChI is InChI=1S/C11H20O5/c1-5-11(14,6-2)7-8(9(12)15-3)10(13)16-4/h8,14H,5-7H2,1-4H3. The molecule has 0 fully saturated rings. The molecule has 5 nitrogen and oxygen atoms in total. The Bertz CT molecular complexity index is 229. The summed E-state index contributed by atoms with van der Waals surface area (Å²) < 4.78 is 9.04. The van der Waals surface area contributed by atoms with E-state index in [-0.39, 0.29) is 6.42 Å². The van der Waals surface area contributed by atoms with Gasteiger partial charge in [0, 0.05) is 6.42 Å². The molecular formula is C11H20O5. The smallest absolute Gasteiger partial charge is 0.320 e. The van der Waals surface area contributed by atoms with Crippen LogP contribution in [0.3, 0.4) is 0 Å². The van der Waals surface area contributed by atoms with Crippen molar-refractivity contribution in [3.63, 3.8) is 0 Å². The molecule has 0 aliphatic heterocycles. The highest BCUT2D eigenvalue weighted by molar-refractivity contribution is 5.94. The van der Waals surface area contributed by atoms with Gasteiger partial charge >= 0.3 is 11.9 Å². The highest BCUT2D eigenvalue weighted by Crippen LogP contribution is 2.25. The van der Waals surface area contributed by atoms with Crippen molar-refractivity contribution in [1.29, 1.82) is 0 Å². The monoisotopic (exact) mass is 232 g/mol. The summed E-state index contributed by atoms with van der Waals surface area (Å²) >= 11 is 0. The summed E-state index contributed by atoms with van der Waals surface area (Å²) in [5.41, 5.74) is -1.03. The molecule has 16 heavy (non-hydrogen) atoms. The minimum atomic E-state index is -1.06. The number of carbonyl (C=O) groups excluding carboxylic acids is 2. The lowest BCUT2D eigenvalue weighted by molar-refractivity contribution is -0.162. The first kappa shape index (κ1) is 14.9. The SMILES string of the molecule is CCC(O)(CC)CC(C(=O)OC)C(=O)OC. The van der Waals surface area contributed by atoms with Crippen molar-refractivity contribution in [2.24, 2.45) is 5.92 Å². The molecule has 0 unspecified atom stereocenters. The van der Waals surface area contributed by atoms with Crippen LogP contribution in [-0.2, 0) is 19.1 Å². The second-order valence-electron chi connectivity index (χ2n) is 3.73. The van der Waals surface area contributed by atoms with E-state index in [1.54, 1.807) is 13.8 Å². The van der Waals surface area contributed by atoms with E-state index in [0.29, 0.717) is 12.8 Å². The van der Waals surface area contributed by atoms with Crippen LogP contribution in [0.25, 0.3) is 0 Å². The fourth-order valence-electron chi connectivity index (χ4n) is 1.47. The third-order valence-corrected chi connectivity index (χ3v) is 2.87. The summed E-state index contributed by atoms with van der Waals surface area (Å²) in [5, 5.41) is 10.1. The van der Waals surface area contributed by atoms with Gasteiger partial charge in [0.25, 0.3) is 0 Å². The van der Waals surface area contributed by atoms with E-state index in [2.05, 4.69) is 9.47 Å². The number of esters is 2. The molecule has 0 saturated carbocycles. The molecule has 0 aliphatic carbocycles. The molecule has 0 amide bonds. The molecule has 0 aromatic heterocycles. The fraction of sp³-hybridized carbons (Fsp3) is 0.818. The van der Waals surface area contributed by atoms with Crippen molar-refractivity contribution in [2.45, 2.75) is 38.7 Å². The summed E-state index contributed by atoms with van der Waals surface area (Å²) in [4.78, 5) is 22.8. The predicted octanol–water partition coefficient (Wildman–Crippen LogP) is 0.890. The molecule has 5 heteroatoms. The predicted molar refractivity (Wildman–Crippen MR) is 57.7 cm³/mol. The number of carbonyl (C=O) groups is 2. The topological polar surface area (TPSA) is 72.8 Å². The summed E-state index contributed by atoms with van der Waals surface area (Å²) in [6.45, 7) is 3.60. The first-order valence-electron chi connectivity index (χ1n) is 5.32. The minimum absolute atomic E-state index is 0.0271. The van der Waals surface area contributed by atoms with Gasteiger partial charge < -0.3 is 14.6 Å². The molecule has 0 spiro atoms.